The van der Waals surface area contributed by atoms with Gasteiger partial charge in [0.15, 0.2) is 11.5 Å². The van der Waals surface area contributed by atoms with Crippen LogP contribution in [0, 0.1) is 0 Å². The van der Waals surface area contributed by atoms with Crippen molar-refractivity contribution in [1.29, 1.82) is 0 Å². The summed E-state index contributed by atoms with van der Waals surface area (Å²) in [6.07, 6.45) is 0.974. The summed E-state index contributed by atoms with van der Waals surface area (Å²) in [6, 6.07) is 12.4. The number of methoxy groups -OCH3 is 3. The molecule has 2 aromatic rings. The first-order valence-electron chi connectivity index (χ1n) is 7.39. The number of para-hydroxylation sites is 1. The highest BCUT2D eigenvalue weighted by atomic mass is 16.5. The lowest BCUT2D eigenvalue weighted by molar-refractivity contribution is 0.352. The van der Waals surface area contributed by atoms with E-state index in [1.807, 2.05) is 18.2 Å². The van der Waals surface area contributed by atoms with Gasteiger partial charge in [0.05, 0.1) is 27.4 Å². The minimum Gasteiger partial charge on any atom is -0.496 e. The Morgan fingerprint density at radius 1 is 0.864 bits per heavy atom. The van der Waals surface area contributed by atoms with Crippen LogP contribution >= 0.6 is 0 Å². The molecule has 4 nitrogen and oxygen atoms in total. The van der Waals surface area contributed by atoms with E-state index < -0.39 is 0 Å². The molecular formula is C18H21NO3. The van der Waals surface area contributed by atoms with Gasteiger partial charge in [0, 0.05) is 12.1 Å². The van der Waals surface area contributed by atoms with Crippen LogP contribution in [0.5, 0.6) is 17.2 Å². The molecule has 0 fully saturated rings. The number of nitrogens with one attached hydrogen (secondary N) is 1. The number of benzene rings is 2. The fourth-order valence-electron chi connectivity index (χ4n) is 3.07. The van der Waals surface area contributed by atoms with Crippen molar-refractivity contribution in [2.45, 2.75) is 12.5 Å². The Kier molecular flexibility index (Phi) is 4.20. The van der Waals surface area contributed by atoms with Crippen molar-refractivity contribution in [3.8, 4) is 17.2 Å². The second-order valence-corrected chi connectivity index (χ2v) is 5.29. The number of hydrogen-bond acceptors (Lipinski definition) is 4. The van der Waals surface area contributed by atoms with E-state index in [2.05, 4.69) is 23.5 Å². The van der Waals surface area contributed by atoms with Gasteiger partial charge < -0.3 is 19.5 Å². The Balaban J connectivity index is 2.11. The molecule has 0 unspecified atom stereocenters. The number of rotatable bonds is 4. The van der Waals surface area contributed by atoms with Gasteiger partial charge in [-0.1, -0.05) is 18.2 Å². The SMILES string of the molecule is COc1cc2c(cc1OC)[C@H](c1ccccc1OC)NCC2. The Bertz CT molecular complexity index is 669. The second-order valence-electron chi connectivity index (χ2n) is 5.29. The summed E-state index contributed by atoms with van der Waals surface area (Å²) in [5.74, 6) is 2.43. The van der Waals surface area contributed by atoms with Gasteiger partial charge in [-0.15, -0.1) is 0 Å². The van der Waals surface area contributed by atoms with Crippen LogP contribution in [-0.4, -0.2) is 27.9 Å². The molecule has 1 heterocycles. The van der Waals surface area contributed by atoms with Crippen molar-refractivity contribution >= 4 is 0 Å². The molecule has 22 heavy (non-hydrogen) atoms. The van der Waals surface area contributed by atoms with Crippen LogP contribution in [0.15, 0.2) is 36.4 Å². The minimum atomic E-state index is 0.0970. The van der Waals surface area contributed by atoms with Crippen molar-refractivity contribution in [1.82, 2.24) is 5.32 Å². The lowest BCUT2D eigenvalue weighted by Gasteiger charge is -2.29. The largest absolute Gasteiger partial charge is 0.496 e. The van der Waals surface area contributed by atoms with Crippen LogP contribution in [0.2, 0.25) is 0 Å². The van der Waals surface area contributed by atoms with Gasteiger partial charge in [0.1, 0.15) is 5.75 Å². The summed E-state index contributed by atoms with van der Waals surface area (Å²) in [7, 11) is 5.04. The molecular weight excluding hydrogens is 278 g/mol. The topological polar surface area (TPSA) is 39.7 Å². The van der Waals surface area contributed by atoms with Gasteiger partial charge in [-0.2, -0.15) is 0 Å². The number of ether oxygens (including phenoxy) is 3. The standard InChI is InChI=1S/C18H21NO3/c1-20-15-7-5-4-6-13(15)18-14-11-17(22-3)16(21-2)10-12(14)8-9-19-18/h4-7,10-11,18-19H,8-9H2,1-3H3/t18-/m0/s1. The minimum absolute atomic E-state index is 0.0970. The van der Waals surface area contributed by atoms with E-state index in [0.29, 0.717) is 0 Å². The summed E-state index contributed by atoms with van der Waals surface area (Å²) >= 11 is 0. The maximum absolute atomic E-state index is 5.52. The van der Waals surface area contributed by atoms with Crippen LogP contribution in [0.3, 0.4) is 0 Å². The number of hydrogen-bond donors (Lipinski definition) is 1. The molecule has 0 saturated heterocycles. The summed E-state index contributed by atoms with van der Waals surface area (Å²) in [6.45, 7) is 0.922. The second kappa shape index (κ2) is 6.28. The van der Waals surface area contributed by atoms with E-state index in [1.54, 1.807) is 21.3 Å². The van der Waals surface area contributed by atoms with Gasteiger partial charge in [0.25, 0.3) is 0 Å². The monoisotopic (exact) mass is 299 g/mol. The highest BCUT2D eigenvalue weighted by Crippen LogP contribution is 2.39. The van der Waals surface area contributed by atoms with Crippen LogP contribution < -0.4 is 19.5 Å². The molecule has 4 heteroatoms. The van der Waals surface area contributed by atoms with Gasteiger partial charge in [-0.05, 0) is 35.7 Å². The van der Waals surface area contributed by atoms with Crippen LogP contribution in [0.25, 0.3) is 0 Å². The Morgan fingerprint density at radius 3 is 2.27 bits per heavy atom. The number of fused-ring (bicyclic) bond motifs is 1. The maximum Gasteiger partial charge on any atom is 0.161 e. The molecule has 0 aliphatic carbocycles. The van der Waals surface area contributed by atoms with Crippen LogP contribution in [0.4, 0.5) is 0 Å². The van der Waals surface area contributed by atoms with Gasteiger partial charge in [-0.3, -0.25) is 0 Å². The Morgan fingerprint density at radius 2 is 1.55 bits per heavy atom. The fourth-order valence-corrected chi connectivity index (χ4v) is 3.07. The predicted molar refractivity (Wildman–Crippen MR) is 86.1 cm³/mol. The summed E-state index contributed by atoms with van der Waals surface area (Å²) in [5, 5.41) is 3.58. The molecule has 0 amide bonds. The van der Waals surface area contributed by atoms with Crippen molar-refractivity contribution in [3.63, 3.8) is 0 Å². The first kappa shape index (κ1) is 14.7. The van der Waals surface area contributed by atoms with E-state index in [1.165, 1.54) is 11.1 Å². The summed E-state index contributed by atoms with van der Waals surface area (Å²) < 4.78 is 16.4. The van der Waals surface area contributed by atoms with E-state index in [-0.39, 0.29) is 6.04 Å². The smallest absolute Gasteiger partial charge is 0.161 e. The zero-order valence-corrected chi connectivity index (χ0v) is 13.2. The van der Waals surface area contributed by atoms with Crippen LogP contribution in [-0.2, 0) is 6.42 Å². The van der Waals surface area contributed by atoms with Gasteiger partial charge >= 0.3 is 0 Å². The highest BCUT2D eigenvalue weighted by molar-refractivity contribution is 5.53. The van der Waals surface area contributed by atoms with E-state index in [0.717, 1.165) is 35.8 Å². The predicted octanol–water partition coefficient (Wildman–Crippen LogP) is 2.95. The Labute approximate surface area is 131 Å². The average molecular weight is 299 g/mol. The van der Waals surface area contributed by atoms with Gasteiger partial charge in [-0.25, -0.2) is 0 Å². The van der Waals surface area contributed by atoms with Crippen LogP contribution in [0.1, 0.15) is 22.7 Å². The maximum atomic E-state index is 5.52. The van der Waals surface area contributed by atoms with Crippen molar-refractivity contribution in [2.75, 3.05) is 27.9 Å². The molecule has 3 rings (SSSR count). The molecule has 1 atom stereocenters. The third-order valence-corrected chi connectivity index (χ3v) is 4.15. The molecule has 1 N–H and O–H groups in total. The Hall–Kier alpha value is -2.20. The van der Waals surface area contributed by atoms with E-state index in [9.17, 15) is 0 Å². The molecule has 2 aromatic carbocycles. The lowest BCUT2D eigenvalue weighted by Crippen LogP contribution is -2.31. The van der Waals surface area contributed by atoms with Crippen molar-refractivity contribution in [2.24, 2.45) is 0 Å². The third kappa shape index (κ3) is 2.50. The van der Waals surface area contributed by atoms with Crippen molar-refractivity contribution in [3.05, 3.63) is 53.1 Å². The zero-order chi connectivity index (χ0) is 15.5. The summed E-state index contributed by atoms with van der Waals surface area (Å²) in [5.41, 5.74) is 3.64. The quantitative estimate of drug-likeness (QED) is 0.942. The van der Waals surface area contributed by atoms with E-state index >= 15 is 0 Å². The van der Waals surface area contributed by atoms with E-state index in [4.69, 9.17) is 14.2 Å². The summed E-state index contributed by atoms with van der Waals surface area (Å²) in [4.78, 5) is 0. The zero-order valence-electron chi connectivity index (χ0n) is 13.2. The third-order valence-electron chi connectivity index (χ3n) is 4.15. The average Bonchev–Trinajstić information content (AvgIpc) is 2.59. The molecule has 1 aliphatic heterocycles. The molecule has 1 aliphatic rings. The molecule has 0 spiro atoms. The molecule has 0 bridgehead atoms. The fraction of sp³-hybridized carbons (Fsp3) is 0.333. The molecule has 116 valence electrons. The lowest BCUT2D eigenvalue weighted by atomic mass is 9.89. The van der Waals surface area contributed by atoms with Crippen molar-refractivity contribution < 1.29 is 14.2 Å². The normalized spacial score (nSPS) is 16.8. The highest BCUT2D eigenvalue weighted by Gasteiger charge is 2.25. The first-order chi connectivity index (χ1) is 10.8. The molecule has 0 aromatic heterocycles. The molecule has 0 radical (unpaired) electrons. The molecule has 0 saturated carbocycles. The van der Waals surface area contributed by atoms with Gasteiger partial charge in [0.2, 0.25) is 0 Å². The first-order valence-corrected chi connectivity index (χ1v) is 7.39.